The van der Waals surface area contributed by atoms with Crippen LogP contribution in [0, 0.1) is 41.5 Å². The monoisotopic (exact) mass is 588 g/mol. The van der Waals surface area contributed by atoms with E-state index in [0.717, 1.165) is 50.1 Å². The molecule has 0 saturated heterocycles. The lowest BCUT2D eigenvalue weighted by Crippen LogP contribution is -2.21. The first-order chi connectivity index (χ1) is 19.0. The summed E-state index contributed by atoms with van der Waals surface area (Å²) in [6.45, 7) is 18.5. The zero-order valence-corrected chi connectivity index (χ0v) is 26.9. The molecule has 0 aliphatic carbocycles. The molecule has 4 aromatic rings. The Morgan fingerprint density at radius 1 is 0.756 bits per heavy atom. The van der Waals surface area contributed by atoms with Gasteiger partial charge in [-0.2, -0.15) is 0 Å². The van der Waals surface area contributed by atoms with Gasteiger partial charge < -0.3 is 9.42 Å². The van der Waals surface area contributed by atoms with Crippen LogP contribution in [0.2, 0.25) is 5.02 Å². The number of halogens is 1. The molecule has 1 atom stereocenters. The fourth-order valence-corrected chi connectivity index (χ4v) is 7.36. The van der Waals surface area contributed by atoms with Crippen molar-refractivity contribution in [2.24, 2.45) is 0 Å². The maximum Gasteiger partial charge on any atom is 0.411 e. The summed E-state index contributed by atoms with van der Waals surface area (Å²) in [7, 11) is -4.76. The number of aryl methyl sites for hydroxylation is 6. The zero-order valence-electron chi connectivity index (χ0n) is 25.3. The second-order valence-corrected chi connectivity index (χ2v) is 14.2. The predicted octanol–water partition coefficient (Wildman–Crippen LogP) is 9.49. The number of benzene rings is 4. The van der Waals surface area contributed by atoms with Crippen molar-refractivity contribution in [2.75, 3.05) is 0 Å². The van der Waals surface area contributed by atoms with E-state index in [9.17, 15) is 14.3 Å². The first-order valence-corrected chi connectivity index (χ1v) is 15.6. The summed E-state index contributed by atoms with van der Waals surface area (Å²) in [4.78, 5) is 25.1. The van der Waals surface area contributed by atoms with Gasteiger partial charge in [-0.1, -0.05) is 73.8 Å². The number of hydrogen-bond acceptors (Lipinski definition) is 3. The molecule has 0 fully saturated rings. The van der Waals surface area contributed by atoms with E-state index < -0.39 is 13.6 Å². The first kappa shape index (κ1) is 30.8. The maximum absolute atomic E-state index is 14.5. The highest BCUT2D eigenvalue weighted by atomic mass is 35.5. The van der Waals surface area contributed by atoms with Crippen LogP contribution in [0.15, 0.2) is 60.7 Å². The quantitative estimate of drug-likeness (QED) is 0.236. The van der Waals surface area contributed by atoms with Crippen molar-refractivity contribution in [2.45, 2.75) is 67.7 Å². The molecular formula is C35H38ClO4P. The molecule has 4 aromatic carbocycles. The van der Waals surface area contributed by atoms with Crippen LogP contribution in [0.4, 0.5) is 0 Å². The van der Waals surface area contributed by atoms with Crippen LogP contribution in [0.3, 0.4) is 0 Å². The van der Waals surface area contributed by atoms with Gasteiger partial charge in [-0.05, 0) is 127 Å². The molecule has 4 rings (SSSR count). The third-order valence-corrected chi connectivity index (χ3v) is 9.11. The second-order valence-electron chi connectivity index (χ2n) is 12.1. The molecule has 0 aliphatic rings. The lowest BCUT2D eigenvalue weighted by molar-refractivity contribution is 0.0723. The van der Waals surface area contributed by atoms with Gasteiger partial charge in [0.2, 0.25) is 0 Å². The van der Waals surface area contributed by atoms with Crippen LogP contribution in [-0.4, -0.2) is 10.9 Å². The van der Waals surface area contributed by atoms with Crippen molar-refractivity contribution < 1.29 is 18.8 Å². The molecular weight excluding hydrogens is 551 g/mol. The van der Waals surface area contributed by atoms with Crippen LogP contribution < -0.4 is 5.30 Å². The Bertz CT molecular complexity index is 1600. The maximum atomic E-state index is 14.5. The van der Waals surface area contributed by atoms with E-state index >= 15 is 0 Å². The summed E-state index contributed by atoms with van der Waals surface area (Å²) in [6, 6.07) is 18.4. The first-order valence-electron chi connectivity index (χ1n) is 13.7. The summed E-state index contributed by atoms with van der Waals surface area (Å²) < 4.78 is 20.0. The molecule has 0 aromatic heterocycles. The van der Waals surface area contributed by atoms with Crippen molar-refractivity contribution in [3.63, 3.8) is 0 Å². The van der Waals surface area contributed by atoms with Crippen LogP contribution >= 0.6 is 19.2 Å². The Hall–Kier alpha value is -3.17. The average Bonchev–Trinajstić information content (AvgIpc) is 2.81. The molecule has 4 nitrogen and oxygen atoms in total. The van der Waals surface area contributed by atoms with Crippen molar-refractivity contribution in [1.29, 1.82) is 0 Å². The van der Waals surface area contributed by atoms with E-state index in [1.165, 1.54) is 12.1 Å². The largest absolute Gasteiger partial charge is 0.411 e. The third kappa shape index (κ3) is 6.36. The summed E-state index contributed by atoms with van der Waals surface area (Å²) in [5.74, 6) is -0.912. The molecule has 0 bridgehead atoms. The van der Waals surface area contributed by atoms with Gasteiger partial charge in [0.15, 0.2) is 0 Å². The van der Waals surface area contributed by atoms with Crippen LogP contribution in [0.1, 0.15) is 70.1 Å². The molecule has 6 heteroatoms. The van der Waals surface area contributed by atoms with Gasteiger partial charge in [-0.15, -0.1) is 0 Å². The Labute approximate surface area is 248 Å². The summed E-state index contributed by atoms with van der Waals surface area (Å²) in [6.07, 6.45) is 0. The smallest absolute Gasteiger partial charge is 0.385 e. The van der Waals surface area contributed by atoms with E-state index in [1.54, 1.807) is 12.1 Å². The van der Waals surface area contributed by atoms with E-state index in [4.69, 9.17) is 16.1 Å². The Morgan fingerprint density at radius 2 is 1.20 bits per heavy atom. The highest BCUT2D eigenvalue weighted by Gasteiger charge is 2.37. The number of hydrogen-bond donors (Lipinski definition) is 1. The number of rotatable bonds is 5. The Morgan fingerprint density at radius 3 is 1.59 bits per heavy atom. The fourth-order valence-electron chi connectivity index (χ4n) is 5.79. The minimum absolute atomic E-state index is 0.103. The summed E-state index contributed by atoms with van der Waals surface area (Å²) in [5, 5.41) is 0.450. The standard InChI is InChI=1S/C35H38ClO4P/c1-20-13-22(3)31(23(4)14-20)29-18-27(35(7,8)9)19-30(32-24(5)15-21(2)16-25(32)6)33(29)41(38,39)40-34(37)26-11-10-12-28(36)17-26/h10-19H,1-9H3,(H,38,39). The summed E-state index contributed by atoms with van der Waals surface area (Å²) in [5.41, 5.74) is 9.82. The molecule has 0 heterocycles. The second kappa shape index (κ2) is 11.2. The van der Waals surface area contributed by atoms with Crippen molar-refractivity contribution in [3.8, 4) is 22.3 Å². The lowest BCUT2D eigenvalue weighted by Gasteiger charge is -2.28. The zero-order chi connectivity index (χ0) is 30.4. The van der Waals surface area contributed by atoms with Gasteiger partial charge >= 0.3 is 13.6 Å². The van der Waals surface area contributed by atoms with E-state index in [2.05, 4.69) is 45.0 Å². The van der Waals surface area contributed by atoms with Gasteiger partial charge in [-0.3, -0.25) is 0 Å². The van der Waals surface area contributed by atoms with E-state index in [1.807, 2.05) is 53.7 Å². The molecule has 1 N–H and O–H groups in total. The van der Waals surface area contributed by atoms with E-state index in [0.29, 0.717) is 16.1 Å². The van der Waals surface area contributed by atoms with Gasteiger partial charge in [-0.25, -0.2) is 9.36 Å². The minimum atomic E-state index is -4.76. The molecule has 1 unspecified atom stereocenters. The average molecular weight is 589 g/mol. The molecule has 0 saturated carbocycles. The molecule has 214 valence electrons. The van der Waals surface area contributed by atoms with Gasteiger partial charge in [0.25, 0.3) is 0 Å². The summed E-state index contributed by atoms with van der Waals surface area (Å²) >= 11 is 6.10. The Kier molecular flexibility index (Phi) is 8.45. The Balaban J connectivity index is 2.14. The lowest BCUT2D eigenvalue weighted by atomic mass is 9.81. The van der Waals surface area contributed by atoms with Gasteiger partial charge in [0, 0.05) is 5.02 Å². The molecule has 0 radical (unpaired) electrons. The minimum Gasteiger partial charge on any atom is -0.385 e. The predicted molar refractivity (Wildman–Crippen MR) is 171 cm³/mol. The molecule has 0 aliphatic heterocycles. The fraction of sp³-hybridized carbons (Fsp3) is 0.286. The topological polar surface area (TPSA) is 63.6 Å². The number of carbonyl (C=O) groups is 1. The van der Waals surface area contributed by atoms with Crippen LogP contribution in [0.5, 0.6) is 0 Å². The molecule has 0 spiro atoms. The SMILES string of the molecule is Cc1cc(C)c(-c2cc(C(C)(C)C)cc(-c3c(C)cc(C)cc3C)c2P(=O)(O)OC(=O)c2cccc(Cl)c2)c(C)c1. The van der Waals surface area contributed by atoms with Crippen molar-refractivity contribution in [3.05, 3.63) is 110 Å². The van der Waals surface area contributed by atoms with Crippen molar-refractivity contribution >= 4 is 30.5 Å². The van der Waals surface area contributed by atoms with Crippen molar-refractivity contribution in [1.82, 2.24) is 0 Å². The van der Waals surface area contributed by atoms with Crippen LogP contribution in [-0.2, 0) is 14.5 Å². The van der Waals surface area contributed by atoms with Crippen LogP contribution in [0.25, 0.3) is 22.3 Å². The normalized spacial score (nSPS) is 13.1. The van der Waals surface area contributed by atoms with E-state index in [-0.39, 0.29) is 16.3 Å². The highest BCUT2D eigenvalue weighted by molar-refractivity contribution is 7.62. The van der Waals surface area contributed by atoms with Gasteiger partial charge in [0.05, 0.1) is 10.9 Å². The molecule has 0 amide bonds. The third-order valence-electron chi connectivity index (χ3n) is 7.42. The molecule has 41 heavy (non-hydrogen) atoms. The van der Waals surface area contributed by atoms with Gasteiger partial charge in [0.1, 0.15) is 0 Å². The highest BCUT2D eigenvalue weighted by Crippen LogP contribution is 2.50. The number of carbonyl (C=O) groups excluding carboxylic acids is 1.